The van der Waals surface area contributed by atoms with Crippen LogP contribution in [0.3, 0.4) is 0 Å². The number of aliphatic hydroxyl groups is 1. The normalized spacial score (nSPS) is 9.75. The van der Waals surface area contributed by atoms with Gasteiger partial charge in [-0.2, -0.15) is 0 Å². The van der Waals surface area contributed by atoms with Gasteiger partial charge in [0.15, 0.2) is 0 Å². The zero-order chi connectivity index (χ0) is 6.24. The fourth-order valence-electron chi connectivity index (χ4n) is 0.630. The Bertz CT molecular complexity index is 29.4. The highest BCUT2D eigenvalue weighted by Gasteiger charge is 1.84. The first kappa shape index (κ1) is 7.96. The highest BCUT2D eigenvalue weighted by Crippen LogP contribution is 1.99. The van der Waals surface area contributed by atoms with Crippen LogP contribution in [-0.4, -0.2) is 11.7 Å². The van der Waals surface area contributed by atoms with Crippen LogP contribution in [0.4, 0.5) is 0 Å². The highest BCUT2D eigenvalue weighted by molar-refractivity contribution is 4.60. The van der Waals surface area contributed by atoms with Crippen LogP contribution in [0.25, 0.3) is 0 Å². The molecular formula is C7H15O. The SMILES string of the molecule is CCCCC[CH]CO. The lowest BCUT2D eigenvalue weighted by atomic mass is 10.2. The highest BCUT2D eigenvalue weighted by atomic mass is 16.2. The lowest BCUT2D eigenvalue weighted by Crippen LogP contribution is -1.83. The maximum absolute atomic E-state index is 8.31. The third-order valence-electron chi connectivity index (χ3n) is 1.14. The van der Waals surface area contributed by atoms with Crippen molar-refractivity contribution in [1.29, 1.82) is 0 Å². The molecule has 0 fully saturated rings. The van der Waals surface area contributed by atoms with Gasteiger partial charge in [0.25, 0.3) is 0 Å². The summed E-state index contributed by atoms with van der Waals surface area (Å²) in [6, 6.07) is 0. The molecule has 0 rings (SSSR count). The summed E-state index contributed by atoms with van der Waals surface area (Å²) in [5.41, 5.74) is 0. The van der Waals surface area contributed by atoms with Crippen LogP contribution in [0.5, 0.6) is 0 Å². The molecular weight excluding hydrogens is 100 g/mol. The van der Waals surface area contributed by atoms with Crippen molar-refractivity contribution in [2.24, 2.45) is 0 Å². The van der Waals surface area contributed by atoms with Crippen LogP contribution < -0.4 is 0 Å². The maximum Gasteiger partial charge on any atom is 0.0462 e. The van der Waals surface area contributed by atoms with Crippen LogP contribution in [-0.2, 0) is 0 Å². The van der Waals surface area contributed by atoms with Crippen molar-refractivity contribution < 1.29 is 5.11 Å². The van der Waals surface area contributed by atoms with Gasteiger partial charge in [0.2, 0.25) is 0 Å². The van der Waals surface area contributed by atoms with Gasteiger partial charge in [-0.05, 0) is 12.8 Å². The largest absolute Gasteiger partial charge is 0.396 e. The molecule has 8 heavy (non-hydrogen) atoms. The van der Waals surface area contributed by atoms with Crippen LogP contribution >= 0.6 is 0 Å². The van der Waals surface area contributed by atoms with Gasteiger partial charge in [-0.1, -0.05) is 26.2 Å². The Morgan fingerprint density at radius 1 is 1.38 bits per heavy atom. The minimum Gasteiger partial charge on any atom is -0.396 e. The number of aliphatic hydroxyl groups excluding tert-OH is 1. The van der Waals surface area contributed by atoms with Gasteiger partial charge >= 0.3 is 0 Å². The van der Waals surface area contributed by atoms with Gasteiger partial charge < -0.3 is 5.11 Å². The molecule has 1 nitrogen and oxygen atoms in total. The Morgan fingerprint density at radius 2 is 2.12 bits per heavy atom. The molecule has 0 amide bonds. The first-order chi connectivity index (χ1) is 3.91. The smallest absolute Gasteiger partial charge is 0.0462 e. The summed E-state index contributed by atoms with van der Waals surface area (Å²) in [5.74, 6) is 0. The number of unbranched alkanes of at least 4 members (excludes halogenated alkanes) is 4. The summed E-state index contributed by atoms with van der Waals surface area (Å²) in [6.45, 7) is 2.42. The first-order valence-electron chi connectivity index (χ1n) is 3.34. The van der Waals surface area contributed by atoms with E-state index >= 15 is 0 Å². The van der Waals surface area contributed by atoms with Gasteiger partial charge in [0.1, 0.15) is 0 Å². The van der Waals surface area contributed by atoms with E-state index in [2.05, 4.69) is 6.92 Å². The Morgan fingerprint density at radius 3 is 2.62 bits per heavy atom. The average Bonchev–Trinajstić information content (AvgIpc) is 1.81. The van der Waals surface area contributed by atoms with E-state index in [1.165, 1.54) is 19.3 Å². The quantitative estimate of drug-likeness (QED) is 0.541. The Labute approximate surface area is 51.7 Å². The molecule has 1 radical (unpaired) electrons. The molecule has 49 valence electrons. The molecule has 1 N–H and O–H groups in total. The van der Waals surface area contributed by atoms with Gasteiger partial charge in [0.05, 0.1) is 0 Å². The molecule has 0 aliphatic carbocycles. The van der Waals surface area contributed by atoms with Crippen molar-refractivity contribution in [3.05, 3.63) is 6.42 Å². The maximum atomic E-state index is 8.31. The molecule has 0 aromatic carbocycles. The van der Waals surface area contributed by atoms with E-state index in [9.17, 15) is 0 Å². The zero-order valence-electron chi connectivity index (χ0n) is 5.56. The lowest BCUT2D eigenvalue weighted by Gasteiger charge is -1.93. The molecule has 0 atom stereocenters. The topological polar surface area (TPSA) is 20.2 Å². The second-order valence-corrected chi connectivity index (χ2v) is 1.97. The summed E-state index contributed by atoms with van der Waals surface area (Å²) < 4.78 is 0. The van der Waals surface area contributed by atoms with Crippen LogP contribution in [0.15, 0.2) is 0 Å². The van der Waals surface area contributed by atoms with Crippen molar-refractivity contribution in [3.8, 4) is 0 Å². The molecule has 0 aromatic rings. The van der Waals surface area contributed by atoms with E-state index in [4.69, 9.17) is 5.11 Å². The summed E-state index contributed by atoms with van der Waals surface area (Å²) >= 11 is 0. The predicted octanol–water partition coefficient (Wildman–Crippen LogP) is 1.76. The second-order valence-electron chi connectivity index (χ2n) is 1.97. The summed E-state index contributed by atoms with van der Waals surface area (Å²) in [5, 5.41) is 8.31. The molecule has 0 spiro atoms. The van der Waals surface area contributed by atoms with Crippen molar-refractivity contribution in [2.75, 3.05) is 6.61 Å². The minimum absolute atomic E-state index is 0.240. The molecule has 0 saturated carbocycles. The number of hydrogen-bond acceptors (Lipinski definition) is 1. The molecule has 0 bridgehead atoms. The summed E-state index contributed by atoms with van der Waals surface area (Å²) in [7, 11) is 0. The Hall–Kier alpha value is -0.0400. The number of rotatable bonds is 5. The zero-order valence-corrected chi connectivity index (χ0v) is 5.56. The minimum atomic E-state index is 0.240. The van der Waals surface area contributed by atoms with Gasteiger partial charge in [0, 0.05) is 6.61 Å². The van der Waals surface area contributed by atoms with E-state index in [0.717, 1.165) is 6.42 Å². The standard InChI is InChI=1S/C7H15O/c1-2-3-4-5-6-7-8/h6,8H,2-5,7H2,1H3. The van der Waals surface area contributed by atoms with Gasteiger partial charge in [-0.25, -0.2) is 0 Å². The molecule has 0 aromatic heterocycles. The second kappa shape index (κ2) is 6.96. The summed E-state index contributed by atoms with van der Waals surface area (Å²) in [6.07, 6.45) is 6.77. The third kappa shape index (κ3) is 5.96. The molecule has 1 heteroatoms. The number of hydrogen-bond donors (Lipinski definition) is 1. The molecule has 0 heterocycles. The van der Waals surface area contributed by atoms with Crippen LogP contribution in [0.2, 0.25) is 0 Å². The summed E-state index contributed by atoms with van der Waals surface area (Å²) in [4.78, 5) is 0. The van der Waals surface area contributed by atoms with E-state index in [-0.39, 0.29) is 6.61 Å². The van der Waals surface area contributed by atoms with Crippen LogP contribution in [0, 0.1) is 6.42 Å². The van der Waals surface area contributed by atoms with Crippen molar-refractivity contribution in [3.63, 3.8) is 0 Å². The molecule has 0 aliphatic heterocycles. The predicted molar refractivity (Wildman–Crippen MR) is 35.5 cm³/mol. The lowest BCUT2D eigenvalue weighted by molar-refractivity contribution is 0.322. The van der Waals surface area contributed by atoms with E-state index in [1.54, 1.807) is 0 Å². The Kier molecular flexibility index (Phi) is 6.93. The third-order valence-corrected chi connectivity index (χ3v) is 1.14. The average molecular weight is 115 g/mol. The fourth-order valence-corrected chi connectivity index (χ4v) is 0.630. The monoisotopic (exact) mass is 115 g/mol. The molecule has 0 unspecified atom stereocenters. The van der Waals surface area contributed by atoms with E-state index in [0.29, 0.717) is 0 Å². The van der Waals surface area contributed by atoms with Gasteiger partial charge in [-0.3, -0.25) is 0 Å². The van der Waals surface area contributed by atoms with Crippen LogP contribution in [0.1, 0.15) is 32.6 Å². The molecule has 0 aliphatic rings. The Balaban J connectivity index is 2.53. The van der Waals surface area contributed by atoms with E-state index in [1.807, 2.05) is 6.42 Å². The van der Waals surface area contributed by atoms with Crippen molar-refractivity contribution >= 4 is 0 Å². The van der Waals surface area contributed by atoms with Gasteiger partial charge in [-0.15, -0.1) is 0 Å². The van der Waals surface area contributed by atoms with Crippen molar-refractivity contribution in [2.45, 2.75) is 32.6 Å². The van der Waals surface area contributed by atoms with Crippen molar-refractivity contribution in [1.82, 2.24) is 0 Å². The fraction of sp³-hybridized carbons (Fsp3) is 0.857. The van der Waals surface area contributed by atoms with E-state index < -0.39 is 0 Å². The first-order valence-corrected chi connectivity index (χ1v) is 3.34. The molecule has 0 saturated heterocycles.